The highest BCUT2D eigenvalue weighted by atomic mass is 32.4. The molecule has 1 atom stereocenters. The van der Waals surface area contributed by atoms with Crippen molar-refractivity contribution in [2.45, 2.75) is 31.8 Å². The summed E-state index contributed by atoms with van der Waals surface area (Å²) in [5.41, 5.74) is 0. The first-order valence-corrected chi connectivity index (χ1v) is 8.61. The lowest BCUT2D eigenvalue weighted by Crippen LogP contribution is -2.35. The van der Waals surface area contributed by atoms with Gasteiger partial charge in [0.2, 0.25) is 0 Å². The average Bonchev–Trinajstić information content (AvgIpc) is 2.25. The third kappa shape index (κ3) is 1.89. The molecule has 0 bridgehead atoms. The van der Waals surface area contributed by atoms with Crippen molar-refractivity contribution in [2.75, 3.05) is 6.16 Å². The quantitative estimate of drug-likeness (QED) is 0.715. The fourth-order valence-corrected chi connectivity index (χ4v) is 6.48. The molecule has 1 aliphatic heterocycles. The predicted molar refractivity (Wildman–Crippen MR) is 73.5 cm³/mol. The molecule has 1 fully saturated rings. The first-order chi connectivity index (χ1) is 7.46. The van der Waals surface area contributed by atoms with Crippen molar-refractivity contribution in [2.24, 2.45) is 0 Å². The predicted octanol–water partition coefficient (Wildman–Crippen LogP) is 2.93. The van der Waals surface area contributed by atoms with Crippen LogP contribution in [0.1, 0.15) is 26.7 Å². The highest BCUT2D eigenvalue weighted by Crippen LogP contribution is 2.61. The van der Waals surface area contributed by atoms with E-state index in [9.17, 15) is 4.79 Å². The van der Waals surface area contributed by atoms with Crippen LogP contribution >= 0.6 is 6.04 Å². The van der Waals surface area contributed by atoms with Gasteiger partial charge in [0.05, 0.1) is 0 Å². The van der Waals surface area contributed by atoms with Crippen molar-refractivity contribution in [1.82, 2.24) is 0 Å². The van der Waals surface area contributed by atoms with Crippen molar-refractivity contribution in [3.8, 4) is 0 Å². The van der Waals surface area contributed by atoms with Crippen molar-refractivity contribution in [3.05, 3.63) is 30.3 Å². The van der Waals surface area contributed by atoms with Gasteiger partial charge in [0.1, 0.15) is 5.78 Å². The van der Waals surface area contributed by atoms with Gasteiger partial charge in [-0.25, -0.2) is 0 Å². The minimum absolute atomic E-state index is 0.0149. The topological polar surface area (TPSA) is 17.1 Å². The Morgan fingerprint density at radius 2 is 1.88 bits per heavy atom. The number of carbonyl (C=O) groups is 1. The Balaban J connectivity index is 2.46. The second kappa shape index (κ2) is 4.09. The third-order valence-electron chi connectivity index (χ3n) is 3.49. The summed E-state index contributed by atoms with van der Waals surface area (Å²) in [6, 6.07) is 8.80. The zero-order valence-electron chi connectivity index (χ0n) is 9.77. The average molecular weight is 252 g/mol. The van der Waals surface area contributed by atoms with E-state index < -0.39 is 6.04 Å². The fraction of sp³-hybridized carbons (Fsp3) is 0.462. The number of rotatable bonds is 1. The number of benzene rings is 1. The molecule has 0 spiro atoms. The van der Waals surface area contributed by atoms with Gasteiger partial charge >= 0.3 is 0 Å². The van der Waals surface area contributed by atoms with E-state index in [-0.39, 0.29) is 5.16 Å². The minimum atomic E-state index is -1.59. The summed E-state index contributed by atoms with van der Waals surface area (Å²) in [7, 11) is 0. The number of carbonyl (C=O) groups excluding carboxylic acids is 1. The van der Waals surface area contributed by atoms with Crippen LogP contribution in [0.25, 0.3) is 0 Å². The molecular formula is C13H17OPS. The van der Waals surface area contributed by atoms with Crippen molar-refractivity contribution in [3.63, 3.8) is 0 Å². The van der Waals surface area contributed by atoms with E-state index >= 15 is 0 Å². The first-order valence-electron chi connectivity index (χ1n) is 5.62. The molecule has 0 saturated carbocycles. The maximum absolute atomic E-state index is 11.6. The van der Waals surface area contributed by atoms with Gasteiger partial charge in [-0.2, -0.15) is 0 Å². The second-order valence-electron chi connectivity index (χ2n) is 5.08. The van der Waals surface area contributed by atoms with Crippen LogP contribution in [-0.4, -0.2) is 17.1 Å². The summed E-state index contributed by atoms with van der Waals surface area (Å²) < 4.78 is 0. The van der Waals surface area contributed by atoms with Gasteiger partial charge in [-0.1, -0.05) is 56.0 Å². The molecule has 2 rings (SSSR count). The Kier molecular flexibility index (Phi) is 3.07. The molecule has 1 aromatic rings. The van der Waals surface area contributed by atoms with Crippen LogP contribution in [0.5, 0.6) is 0 Å². The molecule has 16 heavy (non-hydrogen) atoms. The van der Waals surface area contributed by atoms with Gasteiger partial charge in [-0.05, 0) is 17.5 Å². The van der Waals surface area contributed by atoms with Crippen LogP contribution in [-0.2, 0) is 16.6 Å². The summed E-state index contributed by atoms with van der Waals surface area (Å²) in [5, 5.41) is 1.28. The molecule has 1 aromatic carbocycles. The van der Waals surface area contributed by atoms with Crippen molar-refractivity contribution in [1.29, 1.82) is 0 Å². The van der Waals surface area contributed by atoms with Crippen molar-refractivity contribution >= 4 is 28.9 Å². The Morgan fingerprint density at radius 1 is 1.25 bits per heavy atom. The molecule has 0 amide bonds. The molecule has 1 nitrogen and oxygen atoms in total. The highest BCUT2D eigenvalue weighted by Gasteiger charge is 2.42. The van der Waals surface area contributed by atoms with E-state index in [1.54, 1.807) is 0 Å². The summed E-state index contributed by atoms with van der Waals surface area (Å²) in [6.45, 7) is 4.33. The lowest BCUT2D eigenvalue weighted by atomic mass is 10.0. The molecule has 86 valence electrons. The minimum Gasteiger partial charge on any atom is -0.300 e. The number of Topliss-reactive ketones (excluding diaryl/α,β-unsaturated/α-hetero) is 1. The molecule has 1 heterocycles. The van der Waals surface area contributed by atoms with Crippen LogP contribution in [0.4, 0.5) is 0 Å². The standard InChI is InChI=1S/C13H17OPS/c1-13(2)10-11(14)8-9-15(13,16)12-6-4-3-5-7-12/h3-7H,8-10H2,1-2H3/t15-/m1/s1. The fourth-order valence-electron chi connectivity index (χ4n) is 2.43. The van der Waals surface area contributed by atoms with E-state index in [0.717, 1.165) is 6.16 Å². The van der Waals surface area contributed by atoms with Gasteiger partial charge in [-0.3, -0.25) is 4.79 Å². The van der Waals surface area contributed by atoms with Crippen LogP contribution in [0.3, 0.4) is 0 Å². The van der Waals surface area contributed by atoms with Crippen LogP contribution < -0.4 is 5.30 Å². The Labute approximate surface area is 102 Å². The maximum Gasteiger partial charge on any atom is 0.134 e. The zero-order chi connectivity index (χ0) is 11.8. The lowest BCUT2D eigenvalue weighted by molar-refractivity contribution is -0.119. The Hall–Kier alpha value is -0.460. The Bertz CT molecular complexity index is 450. The summed E-state index contributed by atoms with van der Waals surface area (Å²) in [4.78, 5) is 11.6. The SMILES string of the molecule is CC1(C)CC(=O)CC[P@@]1(=S)c1ccccc1. The normalized spacial score (nSPS) is 29.0. The summed E-state index contributed by atoms with van der Waals surface area (Å²) in [6.07, 6.45) is 2.23. The first kappa shape index (κ1) is 12.0. The second-order valence-corrected chi connectivity index (χ2v) is 10.6. The van der Waals surface area contributed by atoms with E-state index in [0.29, 0.717) is 18.6 Å². The molecule has 0 unspecified atom stereocenters. The van der Waals surface area contributed by atoms with E-state index in [2.05, 4.69) is 38.1 Å². The van der Waals surface area contributed by atoms with Gasteiger partial charge in [0.15, 0.2) is 0 Å². The molecule has 0 aromatic heterocycles. The molecule has 1 aliphatic rings. The Morgan fingerprint density at radius 3 is 2.44 bits per heavy atom. The van der Waals surface area contributed by atoms with E-state index in [1.807, 2.05) is 6.07 Å². The van der Waals surface area contributed by atoms with Gasteiger partial charge in [0, 0.05) is 18.0 Å². The largest absolute Gasteiger partial charge is 0.300 e. The highest BCUT2D eigenvalue weighted by molar-refractivity contribution is 8.19. The lowest BCUT2D eigenvalue weighted by Gasteiger charge is -2.41. The maximum atomic E-state index is 11.6. The van der Waals surface area contributed by atoms with Crippen molar-refractivity contribution < 1.29 is 4.79 Å². The zero-order valence-corrected chi connectivity index (χ0v) is 11.5. The van der Waals surface area contributed by atoms with Gasteiger partial charge in [-0.15, -0.1) is 0 Å². The third-order valence-corrected chi connectivity index (χ3v) is 10.2. The van der Waals surface area contributed by atoms with Crippen LogP contribution in [0.15, 0.2) is 30.3 Å². The monoisotopic (exact) mass is 252 g/mol. The van der Waals surface area contributed by atoms with Gasteiger partial charge < -0.3 is 0 Å². The van der Waals surface area contributed by atoms with E-state index in [4.69, 9.17) is 11.8 Å². The van der Waals surface area contributed by atoms with E-state index in [1.165, 1.54) is 5.30 Å². The molecule has 1 saturated heterocycles. The van der Waals surface area contributed by atoms with Gasteiger partial charge in [0.25, 0.3) is 0 Å². The molecule has 0 N–H and O–H groups in total. The number of hydrogen-bond acceptors (Lipinski definition) is 2. The summed E-state index contributed by atoms with van der Waals surface area (Å²) in [5.74, 6) is 0.376. The molecular weight excluding hydrogens is 235 g/mol. The number of ketones is 1. The number of hydrogen-bond donors (Lipinski definition) is 0. The summed E-state index contributed by atoms with van der Waals surface area (Å²) >= 11 is 5.97. The van der Waals surface area contributed by atoms with Crippen LogP contribution in [0, 0.1) is 0 Å². The molecule has 0 radical (unpaired) electrons. The smallest absolute Gasteiger partial charge is 0.134 e. The molecule has 3 heteroatoms. The molecule has 0 aliphatic carbocycles. The van der Waals surface area contributed by atoms with Crippen LogP contribution in [0.2, 0.25) is 0 Å².